The zero-order chi connectivity index (χ0) is 22.8. The smallest absolute Gasteiger partial charge is 0.148 e. The van der Waals surface area contributed by atoms with Crippen molar-refractivity contribution in [2.24, 2.45) is 11.3 Å². The molecule has 1 aromatic heterocycles. The summed E-state index contributed by atoms with van der Waals surface area (Å²) in [6.45, 7) is 16.7. The first-order chi connectivity index (χ1) is 14.5. The molecule has 0 aliphatic rings. The Balaban J connectivity index is 2.04. The van der Waals surface area contributed by atoms with Gasteiger partial charge in [-0.1, -0.05) is 60.6 Å². The van der Waals surface area contributed by atoms with Crippen LogP contribution in [0, 0.1) is 11.3 Å². The Morgan fingerprint density at radius 3 is 2.16 bits per heavy atom. The minimum absolute atomic E-state index is 0.0834. The highest BCUT2D eigenvalue weighted by Crippen LogP contribution is 2.40. The second-order valence-electron chi connectivity index (χ2n) is 10.8. The second kappa shape index (κ2) is 8.99. The van der Waals surface area contributed by atoms with Gasteiger partial charge >= 0.3 is 0 Å². The van der Waals surface area contributed by atoms with Gasteiger partial charge in [0.1, 0.15) is 22.5 Å². The molecule has 3 rings (SSSR count). The summed E-state index contributed by atoms with van der Waals surface area (Å²) in [7, 11) is 0. The zero-order valence-electron chi connectivity index (χ0n) is 20.1. The molecule has 0 bridgehead atoms. The lowest BCUT2D eigenvalue weighted by Gasteiger charge is -2.33. The van der Waals surface area contributed by atoms with Gasteiger partial charge in [-0.15, -0.1) is 15.0 Å². The first-order valence-corrected chi connectivity index (χ1v) is 11.2. The van der Waals surface area contributed by atoms with Crippen LogP contribution >= 0.6 is 0 Å². The molecule has 31 heavy (non-hydrogen) atoms. The molecule has 0 aliphatic heterocycles. The van der Waals surface area contributed by atoms with E-state index in [0.29, 0.717) is 24.8 Å². The first-order valence-electron chi connectivity index (χ1n) is 11.2. The molecule has 3 aromatic rings. The zero-order valence-corrected chi connectivity index (χ0v) is 20.1. The van der Waals surface area contributed by atoms with Crippen LogP contribution in [0.5, 0.6) is 5.75 Å². The Morgan fingerprint density at radius 1 is 1.00 bits per heavy atom. The maximum atomic E-state index is 11.1. The maximum Gasteiger partial charge on any atom is 0.148 e. The van der Waals surface area contributed by atoms with Crippen molar-refractivity contribution in [3.63, 3.8) is 0 Å². The summed E-state index contributed by atoms with van der Waals surface area (Å²) >= 11 is 0. The van der Waals surface area contributed by atoms with Crippen molar-refractivity contribution in [1.82, 2.24) is 15.0 Å². The molecule has 1 N–H and O–H groups in total. The van der Waals surface area contributed by atoms with Crippen LogP contribution < -0.4 is 0 Å². The van der Waals surface area contributed by atoms with E-state index in [-0.39, 0.29) is 16.6 Å². The fourth-order valence-corrected chi connectivity index (χ4v) is 4.23. The third kappa shape index (κ3) is 5.85. The predicted molar refractivity (Wildman–Crippen MR) is 127 cm³/mol. The summed E-state index contributed by atoms with van der Waals surface area (Å²) in [6.07, 6.45) is 2.00. The molecule has 0 spiro atoms. The number of phenols is 1. The highest BCUT2D eigenvalue weighted by molar-refractivity contribution is 5.73. The average Bonchev–Trinajstić information content (AvgIpc) is 3.08. The van der Waals surface area contributed by atoms with Gasteiger partial charge in [0.15, 0.2) is 0 Å². The number of hydrogen-bond acceptors (Lipinski definition) is 4. The van der Waals surface area contributed by atoms with Gasteiger partial charge in [0.05, 0.1) is 6.61 Å². The van der Waals surface area contributed by atoms with Crippen molar-refractivity contribution in [3.8, 4) is 11.4 Å². The summed E-state index contributed by atoms with van der Waals surface area (Å²) in [5, 5.41) is 20.3. The van der Waals surface area contributed by atoms with E-state index in [1.807, 2.05) is 30.3 Å². The molecule has 5 heteroatoms. The number of phenolic OH excluding ortho intramolecular Hbond substituents is 1. The van der Waals surface area contributed by atoms with E-state index in [1.165, 1.54) is 0 Å². The fourth-order valence-electron chi connectivity index (χ4n) is 4.23. The Kier molecular flexibility index (Phi) is 6.75. The molecule has 0 unspecified atom stereocenters. The predicted octanol–water partition coefficient (Wildman–Crippen LogP) is 6.40. The lowest BCUT2D eigenvalue weighted by molar-refractivity contribution is 0.109. The second-order valence-corrected chi connectivity index (χ2v) is 10.8. The van der Waals surface area contributed by atoms with E-state index in [4.69, 9.17) is 4.74 Å². The number of rotatable bonds is 8. The molecule has 2 aromatic carbocycles. The summed E-state index contributed by atoms with van der Waals surface area (Å²) in [4.78, 5) is 1.55. The highest BCUT2D eigenvalue weighted by atomic mass is 16.5. The number of aromatic nitrogens is 3. The van der Waals surface area contributed by atoms with Crippen LogP contribution in [0.4, 0.5) is 0 Å². The minimum atomic E-state index is -0.0834. The van der Waals surface area contributed by atoms with E-state index < -0.39 is 0 Å². The number of nitrogens with zero attached hydrogens (tertiary/aromatic N) is 3. The quantitative estimate of drug-likeness (QED) is 0.426. The molecule has 0 atom stereocenters. The monoisotopic (exact) mass is 423 g/mol. The van der Waals surface area contributed by atoms with Gasteiger partial charge < -0.3 is 9.84 Å². The van der Waals surface area contributed by atoms with Crippen molar-refractivity contribution in [1.29, 1.82) is 0 Å². The molecule has 0 fully saturated rings. The van der Waals surface area contributed by atoms with Gasteiger partial charge in [0.2, 0.25) is 0 Å². The molecular weight excluding hydrogens is 386 g/mol. The van der Waals surface area contributed by atoms with Gasteiger partial charge in [-0.3, -0.25) is 0 Å². The molecule has 0 saturated carbocycles. The summed E-state index contributed by atoms with van der Waals surface area (Å²) in [6, 6.07) is 11.9. The Hall–Kier alpha value is -2.40. The van der Waals surface area contributed by atoms with Crippen molar-refractivity contribution in [3.05, 3.63) is 47.5 Å². The average molecular weight is 424 g/mol. The topological polar surface area (TPSA) is 60.2 Å². The Morgan fingerprint density at radius 2 is 1.61 bits per heavy atom. The van der Waals surface area contributed by atoms with Gasteiger partial charge in [-0.25, -0.2) is 0 Å². The normalized spacial score (nSPS) is 12.8. The van der Waals surface area contributed by atoms with Crippen molar-refractivity contribution in [2.75, 3.05) is 6.61 Å². The third-order valence-electron chi connectivity index (χ3n) is 5.52. The van der Waals surface area contributed by atoms with Gasteiger partial charge in [-0.05, 0) is 59.4 Å². The number of hydrogen-bond donors (Lipinski definition) is 1. The van der Waals surface area contributed by atoms with Crippen LogP contribution in [0.3, 0.4) is 0 Å². The van der Waals surface area contributed by atoms with E-state index >= 15 is 0 Å². The van der Waals surface area contributed by atoms with E-state index in [0.717, 1.165) is 35.0 Å². The number of ether oxygens (including phenoxy) is 1. The van der Waals surface area contributed by atoms with E-state index in [2.05, 4.69) is 64.7 Å². The SMILES string of the molecule is CC(C)CCOCc1cc(C(C)(C)CC(C)(C)C)cc(-n2nc3ccccc3n2)c1O. The van der Waals surface area contributed by atoms with Crippen molar-refractivity contribution in [2.45, 2.75) is 73.3 Å². The molecule has 1 heterocycles. The van der Waals surface area contributed by atoms with Crippen LogP contribution in [-0.2, 0) is 16.8 Å². The van der Waals surface area contributed by atoms with Crippen LogP contribution in [-0.4, -0.2) is 26.7 Å². The highest BCUT2D eigenvalue weighted by Gasteiger charge is 2.29. The van der Waals surface area contributed by atoms with Crippen LogP contribution in [0.2, 0.25) is 0 Å². The Labute approximate surface area is 186 Å². The van der Waals surface area contributed by atoms with Gasteiger partial charge in [0.25, 0.3) is 0 Å². The van der Waals surface area contributed by atoms with Crippen LogP contribution in [0.1, 0.15) is 72.4 Å². The largest absolute Gasteiger partial charge is 0.505 e. The van der Waals surface area contributed by atoms with E-state index in [1.54, 1.807) is 4.80 Å². The third-order valence-corrected chi connectivity index (χ3v) is 5.52. The molecule has 0 saturated heterocycles. The van der Waals surface area contributed by atoms with Gasteiger partial charge in [0, 0.05) is 12.2 Å². The van der Waals surface area contributed by atoms with Crippen molar-refractivity contribution < 1.29 is 9.84 Å². The van der Waals surface area contributed by atoms with Gasteiger partial charge in [-0.2, -0.15) is 0 Å². The minimum Gasteiger partial charge on any atom is -0.505 e. The molecule has 168 valence electrons. The molecule has 5 nitrogen and oxygen atoms in total. The summed E-state index contributed by atoms with van der Waals surface area (Å²) < 4.78 is 5.92. The lowest BCUT2D eigenvalue weighted by Crippen LogP contribution is -2.25. The van der Waals surface area contributed by atoms with Crippen molar-refractivity contribution >= 4 is 11.0 Å². The fraction of sp³-hybridized carbons (Fsp3) is 0.538. The number of aromatic hydroxyl groups is 1. The Bertz CT molecular complexity index is 996. The molecule has 0 aliphatic carbocycles. The first kappa shape index (κ1) is 23.3. The van der Waals surface area contributed by atoms with Crippen LogP contribution in [0.25, 0.3) is 16.7 Å². The standard InChI is InChI=1S/C26H37N3O2/c1-18(2)12-13-31-16-19-14-20(26(6,7)17-25(3,4)5)15-23(24(19)30)29-27-21-10-8-9-11-22(21)28-29/h8-11,14-15,18,30H,12-13,16-17H2,1-7H3. The van der Waals surface area contributed by atoms with E-state index in [9.17, 15) is 5.11 Å². The number of benzene rings is 2. The van der Waals surface area contributed by atoms with Crippen LogP contribution in [0.15, 0.2) is 36.4 Å². The lowest BCUT2D eigenvalue weighted by atomic mass is 9.72. The molecule has 0 radical (unpaired) electrons. The maximum absolute atomic E-state index is 11.1. The number of fused-ring (bicyclic) bond motifs is 1. The molecular formula is C26H37N3O2. The molecule has 0 amide bonds. The summed E-state index contributed by atoms with van der Waals surface area (Å²) in [5.74, 6) is 0.766. The summed E-state index contributed by atoms with van der Waals surface area (Å²) in [5.41, 5.74) is 4.22.